The fourth-order valence-electron chi connectivity index (χ4n) is 2.97. The summed E-state index contributed by atoms with van der Waals surface area (Å²) in [5.41, 5.74) is 2.38. The van der Waals surface area contributed by atoms with E-state index in [2.05, 4.69) is 20.4 Å². The maximum atomic E-state index is 13.5. The number of sulfonamides is 1. The van der Waals surface area contributed by atoms with Gasteiger partial charge in [-0.25, -0.2) is 28.0 Å². The van der Waals surface area contributed by atoms with Crippen LogP contribution in [0.1, 0.15) is 5.69 Å². The maximum Gasteiger partial charge on any atom is 0.247 e. The Balaban J connectivity index is 1.78. The molecule has 0 atom stereocenters. The topological polar surface area (TPSA) is 151 Å². The molecule has 2 heterocycles. The normalized spacial score (nSPS) is 11.5. The van der Waals surface area contributed by atoms with Crippen LogP contribution in [0.3, 0.4) is 0 Å². The minimum absolute atomic E-state index is 0.0544. The van der Waals surface area contributed by atoms with E-state index in [-0.39, 0.29) is 20.9 Å². The number of thiocarbonyl (C=S) groups is 1. The maximum absolute atomic E-state index is 13.5. The van der Waals surface area contributed by atoms with Crippen molar-refractivity contribution < 1.29 is 22.4 Å². The minimum atomic E-state index is -3.87. The number of hydroxylamine groups is 2. The summed E-state index contributed by atoms with van der Waals surface area (Å²) in [7, 11) is -2.46. The average molecular weight is 521 g/mol. The van der Waals surface area contributed by atoms with Crippen molar-refractivity contribution in [2.24, 2.45) is 5.14 Å². The molecule has 0 aliphatic heterocycles. The van der Waals surface area contributed by atoms with Crippen molar-refractivity contribution in [2.45, 2.75) is 10.6 Å². The van der Waals surface area contributed by atoms with Crippen molar-refractivity contribution >= 4 is 38.3 Å². The first kappa shape index (κ1) is 24.0. The van der Waals surface area contributed by atoms with Gasteiger partial charge >= 0.3 is 0 Å². The van der Waals surface area contributed by atoms with Crippen molar-refractivity contribution in [1.29, 1.82) is 0 Å². The molecule has 4 aromatic rings. The molecule has 0 amide bonds. The van der Waals surface area contributed by atoms with Crippen LogP contribution in [0.5, 0.6) is 0 Å². The second-order valence-electron chi connectivity index (χ2n) is 6.98. The van der Waals surface area contributed by atoms with Gasteiger partial charge in [0.05, 0.1) is 4.90 Å². The number of hydrogen-bond donors (Lipinski definition) is 3. The Labute approximate surface area is 203 Å². The number of hydrogen-bond acceptors (Lipinski definition) is 9. The first-order chi connectivity index (χ1) is 16.1. The van der Waals surface area contributed by atoms with E-state index in [1.807, 2.05) is 0 Å². The SMILES string of the molecule is CN(O)C(=S)SCc1nn[nH]c1-c1nc(-c2ccc(F)cc2)c(-c2ccc(S(N)(=O)=O)cc2)o1. The Morgan fingerprint density at radius 1 is 1.21 bits per heavy atom. The number of H-pyrrole nitrogens is 1. The molecular weight excluding hydrogens is 503 g/mol. The summed E-state index contributed by atoms with van der Waals surface area (Å²) in [6, 6.07) is 11.5. The summed E-state index contributed by atoms with van der Waals surface area (Å²) < 4.78 is 43.0. The molecule has 0 unspecified atom stereocenters. The first-order valence-electron chi connectivity index (χ1n) is 9.53. The summed E-state index contributed by atoms with van der Waals surface area (Å²) >= 11 is 6.24. The molecule has 2 aromatic carbocycles. The molecule has 0 saturated heterocycles. The van der Waals surface area contributed by atoms with Crippen LogP contribution in [0.4, 0.5) is 4.39 Å². The number of halogens is 1. The smallest absolute Gasteiger partial charge is 0.247 e. The Morgan fingerprint density at radius 2 is 1.85 bits per heavy atom. The van der Waals surface area contributed by atoms with E-state index in [1.54, 1.807) is 12.1 Å². The van der Waals surface area contributed by atoms with E-state index >= 15 is 0 Å². The van der Waals surface area contributed by atoms with E-state index in [0.717, 1.165) is 5.06 Å². The van der Waals surface area contributed by atoms with Gasteiger partial charge in [0.25, 0.3) is 0 Å². The van der Waals surface area contributed by atoms with Crippen LogP contribution < -0.4 is 5.14 Å². The Bertz CT molecular complexity index is 1430. The lowest BCUT2D eigenvalue weighted by molar-refractivity contribution is 0.0205. The second-order valence-corrected chi connectivity index (χ2v) is 10.2. The largest absolute Gasteiger partial charge is 0.434 e. The van der Waals surface area contributed by atoms with Gasteiger partial charge in [-0.2, -0.15) is 0 Å². The molecule has 2 aromatic heterocycles. The number of thioether (sulfide) groups is 1. The second kappa shape index (κ2) is 9.60. The number of nitrogens with one attached hydrogen (secondary N) is 1. The third kappa shape index (κ3) is 5.15. The lowest BCUT2D eigenvalue weighted by Gasteiger charge is -2.09. The molecule has 4 N–H and O–H groups in total. The molecule has 176 valence electrons. The van der Waals surface area contributed by atoms with Crippen molar-refractivity contribution in [3.63, 3.8) is 0 Å². The molecule has 0 aliphatic rings. The third-order valence-corrected chi connectivity index (χ3v) is 7.10. The molecule has 0 saturated carbocycles. The standard InChI is InChI=1S/C20H17FN6O4S3/c1-27(28)20(32)33-10-15-17(25-26-24-15)19-23-16(11-2-6-13(21)7-3-11)18(31-19)12-4-8-14(9-5-12)34(22,29)30/h2-9,28H,10H2,1H3,(H2,22,29,30)(H,24,25,26). The van der Waals surface area contributed by atoms with Crippen molar-refractivity contribution in [3.8, 4) is 34.2 Å². The highest BCUT2D eigenvalue weighted by molar-refractivity contribution is 8.22. The highest BCUT2D eigenvalue weighted by atomic mass is 32.2. The van der Waals surface area contributed by atoms with E-state index in [0.29, 0.717) is 34.0 Å². The Morgan fingerprint density at radius 3 is 2.47 bits per heavy atom. The van der Waals surface area contributed by atoms with Crippen LogP contribution in [0.2, 0.25) is 0 Å². The van der Waals surface area contributed by atoms with Gasteiger partial charge in [-0.1, -0.05) is 29.2 Å². The minimum Gasteiger partial charge on any atom is -0.434 e. The number of aromatic amines is 1. The molecular formula is C20H17FN6O4S3. The lowest BCUT2D eigenvalue weighted by atomic mass is 10.1. The zero-order valence-electron chi connectivity index (χ0n) is 17.5. The zero-order chi connectivity index (χ0) is 24.5. The molecule has 0 radical (unpaired) electrons. The van der Waals surface area contributed by atoms with Gasteiger partial charge in [0.2, 0.25) is 15.9 Å². The van der Waals surface area contributed by atoms with Gasteiger partial charge in [0.1, 0.15) is 22.9 Å². The summed E-state index contributed by atoms with van der Waals surface area (Å²) in [6.07, 6.45) is 0. The quantitative estimate of drug-likeness (QED) is 0.255. The first-order valence-corrected chi connectivity index (χ1v) is 12.5. The molecule has 0 bridgehead atoms. The van der Waals surface area contributed by atoms with Gasteiger partial charge in [-0.3, -0.25) is 10.3 Å². The van der Waals surface area contributed by atoms with E-state index in [9.17, 15) is 18.0 Å². The molecule has 0 spiro atoms. The summed E-state index contributed by atoms with van der Waals surface area (Å²) in [6.45, 7) is 0. The number of rotatable bonds is 6. The number of aromatic nitrogens is 4. The predicted octanol–water partition coefficient (Wildman–Crippen LogP) is 3.42. The van der Waals surface area contributed by atoms with Crippen LogP contribution in [0, 0.1) is 5.82 Å². The van der Waals surface area contributed by atoms with Gasteiger partial charge in [0, 0.05) is 23.9 Å². The summed E-state index contributed by atoms with van der Waals surface area (Å²) in [5, 5.41) is 26.1. The predicted molar refractivity (Wildman–Crippen MR) is 128 cm³/mol. The fraction of sp³-hybridized carbons (Fsp3) is 0.100. The number of nitrogens with two attached hydrogens (primary N) is 1. The Hall–Kier alpha value is -3.17. The van der Waals surface area contributed by atoms with Gasteiger partial charge in [0.15, 0.2) is 10.1 Å². The van der Waals surface area contributed by atoms with Gasteiger partial charge in [-0.15, -0.1) is 5.10 Å². The Kier molecular flexibility index (Phi) is 6.77. The molecule has 10 nitrogen and oxygen atoms in total. The van der Waals surface area contributed by atoms with Crippen molar-refractivity contribution in [3.05, 3.63) is 60.0 Å². The third-order valence-electron chi connectivity index (χ3n) is 4.62. The molecule has 0 fully saturated rings. The van der Waals surface area contributed by atoms with Crippen LogP contribution >= 0.6 is 24.0 Å². The lowest BCUT2D eigenvalue weighted by Crippen LogP contribution is -2.17. The molecule has 34 heavy (non-hydrogen) atoms. The molecule has 4 rings (SSSR count). The van der Waals surface area contributed by atoms with Gasteiger partial charge < -0.3 is 4.42 Å². The van der Waals surface area contributed by atoms with E-state index < -0.39 is 15.8 Å². The van der Waals surface area contributed by atoms with Gasteiger partial charge in [-0.05, 0) is 48.5 Å². The zero-order valence-corrected chi connectivity index (χ0v) is 19.9. The summed E-state index contributed by atoms with van der Waals surface area (Å²) in [4.78, 5) is 4.52. The van der Waals surface area contributed by atoms with Crippen LogP contribution in [0.15, 0.2) is 57.8 Å². The number of benzene rings is 2. The van der Waals surface area contributed by atoms with Crippen molar-refractivity contribution in [2.75, 3.05) is 7.05 Å². The fourth-order valence-corrected chi connectivity index (χ4v) is 4.31. The van der Waals surface area contributed by atoms with E-state index in [4.69, 9.17) is 21.8 Å². The monoisotopic (exact) mass is 520 g/mol. The number of nitrogens with zero attached hydrogens (tertiary/aromatic N) is 4. The van der Waals surface area contributed by atoms with Crippen LogP contribution in [0.25, 0.3) is 34.2 Å². The average Bonchev–Trinajstić information content (AvgIpc) is 3.44. The number of primary sulfonamides is 1. The summed E-state index contributed by atoms with van der Waals surface area (Å²) in [5.74, 6) is 0.353. The molecule has 14 heteroatoms. The highest BCUT2D eigenvalue weighted by Gasteiger charge is 2.23. The highest BCUT2D eigenvalue weighted by Crippen LogP contribution is 2.37. The van der Waals surface area contributed by atoms with Crippen molar-refractivity contribution in [1.82, 2.24) is 25.5 Å². The molecule has 0 aliphatic carbocycles. The van der Waals surface area contributed by atoms with Crippen LogP contribution in [-0.4, -0.2) is 50.5 Å². The van der Waals surface area contributed by atoms with Crippen LogP contribution in [-0.2, 0) is 15.8 Å². The number of oxazole rings is 1. The van der Waals surface area contributed by atoms with E-state index in [1.165, 1.54) is 55.2 Å².